The Morgan fingerprint density at radius 2 is 1.97 bits per heavy atom. The van der Waals surface area contributed by atoms with Crippen LogP contribution >= 0.6 is 0 Å². The Morgan fingerprint density at radius 1 is 1.15 bits per heavy atom. The van der Waals surface area contributed by atoms with Crippen LogP contribution < -0.4 is 10.6 Å². The van der Waals surface area contributed by atoms with Gasteiger partial charge in [0.2, 0.25) is 0 Å². The molecule has 0 aliphatic carbocycles. The molecule has 170 valence electrons. The number of Topliss-reactive ketones (excluding diaryl/α,β-unsaturated/α-hetero) is 1. The van der Waals surface area contributed by atoms with Gasteiger partial charge in [0, 0.05) is 42.8 Å². The number of halogens is 2. The second-order valence-corrected chi connectivity index (χ2v) is 8.52. The number of aromatic nitrogens is 1. The molecule has 9 heteroatoms. The molecule has 0 radical (unpaired) electrons. The summed E-state index contributed by atoms with van der Waals surface area (Å²) in [6.45, 7) is 1.20. The van der Waals surface area contributed by atoms with Crippen LogP contribution in [-0.4, -0.2) is 40.3 Å². The van der Waals surface area contributed by atoms with Crippen molar-refractivity contribution in [1.82, 2.24) is 15.2 Å². The minimum atomic E-state index is -0.430. The molecule has 0 atom stereocenters. The van der Waals surface area contributed by atoms with E-state index in [0.717, 1.165) is 5.56 Å². The number of nitrogens with one attached hydrogen (secondary N) is 2. The van der Waals surface area contributed by atoms with Crippen molar-refractivity contribution in [2.75, 3.05) is 18.4 Å². The van der Waals surface area contributed by atoms with Crippen LogP contribution in [0.2, 0.25) is 0 Å². The summed E-state index contributed by atoms with van der Waals surface area (Å²) in [6, 6.07) is 8.54. The number of hydrogen-bond donors (Lipinski definition) is 2. The van der Waals surface area contributed by atoms with Gasteiger partial charge in [-0.05, 0) is 48.7 Å². The molecule has 5 rings (SSSR count). The van der Waals surface area contributed by atoms with Crippen LogP contribution in [0.15, 0.2) is 53.4 Å². The van der Waals surface area contributed by atoms with E-state index in [1.54, 1.807) is 23.1 Å². The number of piperidine rings is 1. The van der Waals surface area contributed by atoms with Gasteiger partial charge in [-0.3, -0.25) is 4.79 Å². The average molecular weight is 452 g/mol. The standard InChI is InChI=1S/C24H22F2N4O3/c25-16-2-4-20-18(10-16)21(31)11-24(29-20)5-7-30(8-6-24)23(32)28-12-15-1-3-19(26)17(9-15)22-13-27-14-33-22/h1-4,9-10,13-14,29H,5-8,11-12H2,(H,28,32). The number of carbonyl (C=O) groups excluding carboxylic acids is 2. The molecule has 7 nitrogen and oxygen atoms in total. The van der Waals surface area contributed by atoms with Crippen LogP contribution in [0.1, 0.15) is 35.2 Å². The number of urea groups is 1. The largest absolute Gasteiger partial charge is 0.443 e. The van der Waals surface area contributed by atoms with Gasteiger partial charge in [0.1, 0.15) is 11.6 Å². The zero-order chi connectivity index (χ0) is 23.0. The highest BCUT2D eigenvalue weighted by Crippen LogP contribution is 2.37. The van der Waals surface area contributed by atoms with Crippen LogP contribution in [0.4, 0.5) is 19.3 Å². The second-order valence-electron chi connectivity index (χ2n) is 8.52. The fourth-order valence-electron chi connectivity index (χ4n) is 4.54. The summed E-state index contributed by atoms with van der Waals surface area (Å²) in [5.41, 5.74) is 1.61. The molecule has 2 N–H and O–H groups in total. The minimum Gasteiger partial charge on any atom is -0.443 e. The summed E-state index contributed by atoms with van der Waals surface area (Å²) >= 11 is 0. The van der Waals surface area contributed by atoms with E-state index >= 15 is 0 Å². The normalized spacial score (nSPS) is 16.9. The number of likely N-dealkylation sites (tertiary alicyclic amines) is 1. The van der Waals surface area contributed by atoms with Gasteiger partial charge in [0.15, 0.2) is 17.9 Å². The molecular weight excluding hydrogens is 430 g/mol. The molecule has 0 saturated carbocycles. The van der Waals surface area contributed by atoms with Crippen LogP contribution in [0.3, 0.4) is 0 Å². The number of anilines is 1. The number of fused-ring (bicyclic) bond motifs is 1. The predicted octanol–water partition coefficient (Wildman–Crippen LogP) is 4.36. The molecule has 33 heavy (non-hydrogen) atoms. The van der Waals surface area contributed by atoms with Gasteiger partial charge in [0.25, 0.3) is 0 Å². The predicted molar refractivity (Wildman–Crippen MR) is 117 cm³/mol. The Morgan fingerprint density at radius 3 is 2.73 bits per heavy atom. The van der Waals surface area contributed by atoms with Gasteiger partial charge in [-0.2, -0.15) is 0 Å². The highest BCUT2D eigenvalue weighted by atomic mass is 19.1. The Hall–Kier alpha value is -3.75. The van der Waals surface area contributed by atoms with E-state index in [4.69, 9.17) is 4.42 Å². The maximum Gasteiger partial charge on any atom is 0.317 e. The van der Waals surface area contributed by atoms with Gasteiger partial charge in [-0.1, -0.05) is 6.07 Å². The van der Waals surface area contributed by atoms with Crippen molar-refractivity contribution in [3.05, 3.63) is 71.8 Å². The SMILES string of the molecule is O=C1CC2(CCN(C(=O)NCc3ccc(F)c(-c4cnco4)c3)CC2)Nc2ccc(F)cc21. The van der Waals surface area contributed by atoms with E-state index in [1.807, 2.05) is 0 Å². The van der Waals surface area contributed by atoms with E-state index in [9.17, 15) is 18.4 Å². The van der Waals surface area contributed by atoms with Crippen LogP contribution in [0, 0.1) is 11.6 Å². The van der Waals surface area contributed by atoms with E-state index < -0.39 is 17.2 Å². The van der Waals surface area contributed by atoms with Crippen molar-refractivity contribution in [3.8, 4) is 11.3 Å². The summed E-state index contributed by atoms with van der Waals surface area (Å²) < 4.78 is 32.8. The first-order valence-corrected chi connectivity index (χ1v) is 10.7. The smallest absolute Gasteiger partial charge is 0.317 e. The van der Waals surface area contributed by atoms with Gasteiger partial charge in [-0.25, -0.2) is 18.6 Å². The third kappa shape index (κ3) is 4.18. The molecule has 1 saturated heterocycles. The number of amides is 2. The summed E-state index contributed by atoms with van der Waals surface area (Å²) in [5.74, 6) is -0.622. The molecule has 2 amide bonds. The highest BCUT2D eigenvalue weighted by molar-refractivity contribution is 6.04. The Kier molecular flexibility index (Phi) is 5.32. The fourth-order valence-corrected chi connectivity index (χ4v) is 4.54. The van der Waals surface area contributed by atoms with E-state index in [2.05, 4.69) is 15.6 Å². The highest BCUT2D eigenvalue weighted by Gasteiger charge is 2.41. The van der Waals surface area contributed by atoms with Crippen molar-refractivity contribution >= 4 is 17.5 Å². The molecule has 1 spiro atoms. The fraction of sp³-hybridized carbons (Fsp3) is 0.292. The van der Waals surface area contributed by atoms with Gasteiger partial charge >= 0.3 is 6.03 Å². The molecule has 3 heterocycles. The van der Waals surface area contributed by atoms with Crippen molar-refractivity contribution in [1.29, 1.82) is 0 Å². The molecule has 2 aliphatic rings. The monoisotopic (exact) mass is 452 g/mol. The quantitative estimate of drug-likeness (QED) is 0.617. The molecule has 0 bridgehead atoms. The summed E-state index contributed by atoms with van der Waals surface area (Å²) in [4.78, 5) is 30.8. The lowest BCUT2D eigenvalue weighted by Crippen LogP contribution is -2.55. The maximum atomic E-state index is 14.1. The lowest BCUT2D eigenvalue weighted by Gasteiger charge is -2.45. The number of rotatable bonds is 3. The minimum absolute atomic E-state index is 0.0833. The third-order valence-electron chi connectivity index (χ3n) is 6.36. The summed E-state index contributed by atoms with van der Waals surface area (Å²) in [5, 5.41) is 6.29. The first-order valence-electron chi connectivity index (χ1n) is 10.7. The van der Waals surface area contributed by atoms with Crippen LogP contribution in [0.25, 0.3) is 11.3 Å². The number of carbonyl (C=O) groups is 2. The van der Waals surface area contributed by atoms with E-state index in [0.29, 0.717) is 42.9 Å². The lowest BCUT2D eigenvalue weighted by atomic mass is 9.78. The number of hydrogen-bond acceptors (Lipinski definition) is 5. The van der Waals surface area contributed by atoms with E-state index in [-0.39, 0.29) is 30.3 Å². The van der Waals surface area contributed by atoms with Gasteiger partial charge in [0.05, 0.1) is 11.8 Å². The molecule has 2 aliphatic heterocycles. The maximum absolute atomic E-state index is 14.1. The first-order chi connectivity index (χ1) is 15.9. The van der Waals surface area contributed by atoms with Crippen molar-refractivity contribution in [2.24, 2.45) is 0 Å². The topological polar surface area (TPSA) is 87.5 Å². The zero-order valence-corrected chi connectivity index (χ0v) is 17.7. The Balaban J connectivity index is 1.19. The first kappa shape index (κ1) is 21.1. The molecule has 0 unspecified atom stereocenters. The second kappa shape index (κ2) is 8.31. The van der Waals surface area contributed by atoms with Crippen LogP contribution in [0.5, 0.6) is 0 Å². The Bertz CT molecular complexity index is 1200. The van der Waals surface area contributed by atoms with Crippen molar-refractivity contribution in [2.45, 2.75) is 31.3 Å². The van der Waals surface area contributed by atoms with Gasteiger partial charge in [-0.15, -0.1) is 0 Å². The summed E-state index contributed by atoms with van der Waals surface area (Å²) in [7, 11) is 0. The number of oxazole rings is 1. The average Bonchev–Trinajstić information content (AvgIpc) is 3.34. The number of ketones is 1. The number of benzene rings is 2. The third-order valence-corrected chi connectivity index (χ3v) is 6.36. The van der Waals surface area contributed by atoms with E-state index in [1.165, 1.54) is 30.8 Å². The van der Waals surface area contributed by atoms with Crippen molar-refractivity contribution < 1.29 is 22.8 Å². The van der Waals surface area contributed by atoms with Crippen LogP contribution in [-0.2, 0) is 6.54 Å². The zero-order valence-electron chi connectivity index (χ0n) is 17.7. The molecular formula is C24H22F2N4O3. The lowest BCUT2D eigenvalue weighted by molar-refractivity contribution is 0.0915. The van der Waals surface area contributed by atoms with Gasteiger partial charge < -0.3 is 20.0 Å². The summed E-state index contributed by atoms with van der Waals surface area (Å²) in [6.07, 6.45) is 4.16. The molecule has 1 aromatic heterocycles. The molecule has 2 aromatic carbocycles. The number of nitrogens with zero attached hydrogens (tertiary/aromatic N) is 2. The molecule has 1 fully saturated rings. The Labute approximate surface area is 188 Å². The van der Waals surface area contributed by atoms with Crippen molar-refractivity contribution in [3.63, 3.8) is 0 Å². The molecule has 3 aromatic rings.